The molecule has 1 aromatic heterocycles. The number of rotatable bonds is 5. The highest BCUT2D eigenvalue weighted by molar-refractivity contribution is 5.95. The Hall–Kier alpha value is -3.55. The van der Waals surface area contributed by atoms with Crippen molar-refractivity contribution < 1.29 is 18.7 Å². The van der Waals surface area contributed by atoms with Crippen LogP contribution in [0.4, 0.5) is 8.78 Å². The minimum Gasteiger partial charge on any atom is -0.502 e. The SMILES string of the molecule is CCCN1CC(C(c2cccc(F)c2)c2cccc(F)c2)n2ncc(=O)c(O)c2C1=O. The minimum absolute atomic E-state index is 0.201. The first kappa shape index (κ1) is 20.7. The molecular weight excluding hydrogens is 404 g/mol. The maximum atomic E-state index is 14.1. The van der Waals surface area contributed by atoms with Crippen molar-refractivity contribution >= 4 is 5.91 Å². The van der Waals surface area contributed by atoms with E-state index >= 15 is 0 Å². The van der Waals surface area contributed by atoms with Crippen LogP contribution in [0.3, 0.4) is 0 Å². The summed E-state index contributed by atoms with van der Waals surface area (Å²) in [5.41, 5.74) is 0.152. The van der Waals surface area contributed by atoms with Crippen LogP contribution >= 0.6 is 0 Å². The van der Waals surface area contributed by atoms with E-state index in [9.17, 15) is 23.5 Å². The van der Waals surface area contributed by atoms with Gasteiger partial charge in [0.1, 0.15) is 11.6 Å². The molecule has 0 saturated carbocycles. The van der Waals surface area contributed by atoms with E-state index in [4.69, 9.17) is 0 Å². The third-order valence-corrected chi connectivity index (χ3v) is 5.49. The molecule has 1 N–H and O–H groups in total. The number of carbonyl (C=O) groups excluding carboxylic acids is 1. The van der Waals surface area contributed by atoms with Crippen LogP contribution in [0.1, 0.15) is 46.9 Å². The first-order valence-electron chi connectivity index (χ1n) is 10.0. The fourth-order valence-electron chi connectivity index (χ4n) is 4.19. The van der Waals surface area contributed by atoms with Crippen LogP contribution in [0, 0.1) is 11.6 Å². The van der Waals surface area contributed by atoms with Crippen molar-refractivity contribution in [3.63, 3.8) is 0 Å². The average molecular weight is 425 g/mol. The maximum Gasteiger partial charge on any atom is 0.276 e. The molecule has 1 aliphatic rings. The molecule has 0 fully saturated rings. The molecule has 2 aromatic carbocycles. The molecule has 0 saturated heterocycles. The summed E-state index contributed by atoms with van der Waals surface area (Å²) in [5, 5.41) is 14.5. The maximum absolute atomic E-state index is 14.1. The van der Waals surface area contributed by atoms with Gasteiger partial charge in [-0.2, -0.15) is 5.10 Å². The number of aromatic nitrogens is 2. The van der Waals surface area contributed by atoms with Gasteiger partial charge in [-0.15, -0.1) is 0 Å². The van der Waals surface area contributed by atoms with Crippen LogP contribution in [0.15, 0.2) is 59.5 Å². The van der Waals surface area contributed by atoms with Gasteiger partial charge in [0, 0.05) is 19.0 Å². The fraction of sp³-hybridized carbons (Fsp3) is 0.261. The number of nitrogens with zero attached hydrogens (tertiary/aromatic N) is 3. The van der Waals surface area contributed by atoms with Crippen molar-refractivity contribution in [3.05, 3.63) is 93.4 Å². The van der Waals surface area contributed by atoms with Gasteiger partial charge in [0.05, 0.1) is 12.2 Å². The van der Waals surface area contributed by atoms with Crippen LogP contribution in [0.5, 0.6) is 5.75 Å². The summed E-state index contributed by atoms with van der Waals surface area (Å²) in [4.78, 5) is 26.5. The number of hydrogen-bond donors (Lipinski definition) is 1. The molecule has 1 amide bonds. The van der Waals surface area contributed by atoms with E-state index in [-0.39, 0.29) is 12.2 Å². The molecule has 8 heteroatoms. The van der Waals surface area contributed by atoms with Crippen molar-refractivity contribution in [1.82, 2.24) is 14.7 Å². The zero-order valence-corrected chi connectivity index (χ0v) is 16.8. The van der Waals surface area contributed by atoms with E-state index in [0.717, 1.165) is 6.20 Å². The van der Waals surface area contributed by atoms with Gasteiger partial charge in [-0.25, -0.2) is 8.78 Å². The van der Waals surface area contributed by atoms with Crippen LogP contribution in [0.2, 0.25) is 0 Å². The van der Waals surface area contributed by atoms with Crippen molar-refractivity contribution in [2.75, 3.05) is 13.1 Å². The van der Waals surface area contributed by atoms with Crippen LogP contribution in [-0.4, -0.2) is 38.8 Å². The van der Waals surface area contributed by atoms with Crippen molar-refractivity contribution in [1.29, 1.82) is 0 Å². The largest absolute Gasteiger partial charge is 0.502 e. The van der Waals surface area contributed by atoms with Gasteiger partial charge in [-0.05, 0) is 41.8 Å². The average Bonchev–Trinajstić information content (AvgIpc) is 2.74. The monoisotopic (exact) mass is 425 g/mol. The third-order valence-electron chi connectivity index (χ3n) is 5.49. The number of amides is 1. The molecule has 160 valence electrons. The number of halogens is 2. The molecule has 1 unspecified atom stereocenters. The lowest BCUT2D eigenvalue weighted by molar-refractivity contribution is 0.0634. The molecule has 0 bridgehead atoms. The lowest BCUT2D eigenvalue weighted by Gasteiger charge is -2.39. The normalized spacial score (nSPS) is 15.9. The van der Waals surface area contributed by atoms with E-state index in [1.165, 1.54) is 33.8 Å². The van der Waals surface area contributed by atoms with Gasteiger partial charge in [0.2, 0.25) is 5.43 Å². The molecule has 31 heavy (non-hydrogen) atoms. The topological polar surface area (TPSA) is 75.4 Å². The molecule has 4 rings (SSSR count). The van der Waals surface area contributed by atoms with Gasteiger partial charge < -0.3 is 10.0 Å². The summed E-state index contributed by atoms with van der Waals surface area (Å²) in [6.07, 6.45) is 1.61. The molecule has 0 spiro atoms. The second-order valence-corrected chi connectivity index (χ2v) is 7.56. The fourth-order valence-corrected chi connectivity index (χ4v) is 4.19. The molecule has 1 atom stereocenters. The van der Waals surface area contributed by atoms with E-state index in [1.54, 1.807) is 24.3 Å². The van der Waals surface area contributed by atoms with E-state index in [0.29, 0.717) is 24.1 Å². The quantitative estimate of drug-likeness (QED) is 0.679. The first-order chi connectivity index (χ1) is 14.9. The lowest BCUT2D eigenvalue weighted by Crippen LogP contribution is -2.47. The minimum atomic E-state index is -0.759. The summed E-state index contributed by atoms with van der Waals surface area (Å²) in [6.45, 7) is 2.51. The van der Waals surface area contributed by atoms with Gasteiger partial charge in [0.25, 0.3) is 5.91 Å². The summed E-state index contributed by atoms with van der Waals surface area (Å²) in [6, 6.07) is 11.3. The molecule has 0 aliphatic carbocycles. The number of fused-ring (bicyclic) bond motifs is 1. The van der Waals surface area contributed by atoms with Gasteiger partial charge in [-0.1, -0.05) is 31.2 Å². The molecule has 2 heterocycles. The molecule has 0 radical (unpaired) electrons. The number of aromatic hydroxyl groups is 1. The van der Waals surface area contributed by atoms with Crippen LogP contribution < -0.4 is 5.43 Å². The number of benzene rings is 2. The standard InChI is InChI=1S/C23H21F2N3O3/c1-2-9-27-13-18(28-21(23(27)31)22(30)19(29)12-26-28)20(14-5-3-7-16(24)10-14)15-6-4-8-17(25)11-15/h3-8,10-12,18,20,30H,2,9,13H2,1H3. The zero-order valence-electron chi connectivity index (χ0n) is 16.8. The summed E-state index contributed by atoms with van der Waals surface area (Å²) in [7, 11) is 0. The first-order valence-corrected chi connectivity index (χ1v) is 10.0. The predicted molar refractivity (Wildman–Crippen MR) is 110 cm³/mol. The van der Waals surface area contributed by atoms with Gasteiger partial charge in [0.15, 0.2) is 11.4 Å². The Morgan fingerprint density at radius 3 is 2.26 bits per heavy atom. The van der Waals surface area contributed by atoms with Crippen molar-refractivity contribution in [3.8, 4) is 5.75 Å². The Kier molecular flexibility index (Phi) is 5.54. The Bertz CT molecular complexity index is 1150. The Balaban J connectivity index is 1.96. The zero-order chi connectivity index (χ0) is 22.1. The smallest absolute Gasteiger partial charge is 0.276 e. The summed E-state index contributed by atoms with van der Waals surface area (Å²) >= 11 is 0. The highest BCUT2D eigenvalue weighted by atomic mass is 19.1. The second-order valence-electron chi connectivity index (χ2n) is 7.56. The second kappa shape index (κ2) is 8.29. The van der Waals surface area contributed by atoms with E-state index in [2.05, 4.69) is 5.10 Å². The molecule has 6 nitrogen and oxygen atoms in total. The molecular formula is C23H21F2N3O3. The molecule has 1 aliphatic heterocycles. The third kappa shape index (κ3) is 3.81. The Labute approximate surface area is 177 Å². The Morgan fingerprint density at radius 1 is 1.10 bits per heavy atom. The van der Waals surface area contributed by atoms with Crippen LogP contribution in [-0.2, 0) is 0 Å². The van der Waals surface area contributed by atoms with Gasteiger partial charge in [-0.3, -0.25) is 14.3 Å². The summed E-state index contributed by atoms with van der Waals surface area (Å²) < 4.78 is 29.6. The van der Waals surface area contributed by atoms with Crippen molar-refractivity contribution in [2.45, 2.75) is 25.3 Å². The Morgan fingerprint density at radius 2 is 1.71 bits per heavy atom. The highest BCUT2D eigenvalue weighted by Crippen LogP contribution is 2.39. The van der Waals surface area contributed by atoms with E-state index in [1.807, 2.05) is 6.92 Å². The number of hydrogen-bond acceptors (Lipinski definition) is 4. The molecule has 3 aromatic rings. The summed E-state index contributed by atoms with van der Waals surface area (Å²) in [5.74, 6) is -2.67. The predicted octanol–water partition coefficient (Wildman–Crippen LogP) is 3.47. The van der Waals surface area contributed by atoms with E-state index < -0.39 is 40.7 Å². The van der Waals surface area contributed by atoms with Gasteiger partial charge >= 0.3 is 0 Å². The number of carbonyl (C=O) groups is 1. The lowest BCUT2D eigenvalue weighted by atomic mass is 9.83. The van der Waals surface area contributed by atoms with Crippen LogP contribution in [0.25, 0.3) is 0 Å². The highest BCUT2D eigenvalue weighted by Gasteiger charge is 2.39. The van der Waals surface area contributed by atoms with Crippen molar-refractivity contribution in [2.24, 2.45) is 0 Å².